The number of hydroxylamine groups is 1. The third-order valence-corrected chi connectivity index (χ3v) is 4.73. The van der Waals surface area contributed by atoms with Crippen LogP contribution >= 0.6 is 0 Å². The summed E-state index contributed by atoms with van der Waals surface area (Å²) in [5.41, 5.74) is 12.9. The van der Waals surface area contributed by atoms with Crippen molar-refractivity contribution in [3.63, 3.8) is 0 Å². The maximum Gasteiger partial charge on any atom is 0.152 e. The van der Waals surface area contributed by atoms with Crippen LogP contribution in [0.25, 0.3) is 22.1 Å². The van der Waals surface area contributed by atoms with Gasteiger partial charge in [0.2, 0.25) is 0 Å². The minimum atomic E-state index is -0.958. The number of anilines is 1. The molecule has 9 nitrogen and oxygen atoms in total. The largest absolute Gasteiger partial charge is 0.389 e. The van der Waals surface area contributed by atoms with Crippen LogP contribution in [0.2, 0.25) is 0 Å². The van der Waals surface area contributed by atoms with E-state index in [4.69, 9.17) is 15.6 Å². The van der Waals surface area contributed by atoms with Gasteiger partial charge in [-0.2, -0.15) is 5.48 Å². The number of nitrogens with two attached hydrogens (primary N) is 1. The van der Waals surface area contributed by atoms with Gasteiger partial charge in [-0.05, 0) is 37.1 Å². The van der Waals surface area contributed by atoms with Crippen LogP contribution in [0.15, 0.2) is 36.8 Å². The molecule has 4 aromatic heterocycles. The lowest BCUT2D eigenvalue weighted by molar-refractivity contribution is 0.0581. The minimum Gasteiger partial charge on any atom is -0.389 e. The van der Waals surface area contributed by atoms with E-state index in [-0.39, 0.29) is 0 Å². The minimum absolute atomic E-state index is 0.321. The monoisotopic (exact) mass is 407 g/mol. The fraction of sp³-hybridized carbons (Fsp3) is 0.333. The summed E-state index contributed by atoms with van der Waals surface area (Å²) in [7, 11) is 1.54. The van der Waals surface area contributed by atoms with E-state index in [1.165, 1.54) is 0 Å². The molecule has 4 N–H and O–H groups in total. The van der Waals surface area contributed by atoms with Gasteiger partial charge in [0.25, 0.3) is 0 Å². The predicted molar refractivity (Wildman–Crippen MR) is 114 cm³/mol. The molecule has 0 bridgehead atoms. The summed E-state index contributed by atoms with van der Waals surface area (Å²) in [6.07, 6.45) is 6.12. The number of aliphatic hydroxyl groups is 1. The molecule has 0 fully saturated rings. The van der Waals surface area contributed by atoms with Crippen molar-refractivity contribution in [3.05, 3.63) is 53.7 Å². The zero-order chi connectivity index (χ0) is 21.3. The number of aromatic nitrogens is 5. The molecule has 0 unspecified atom stereocenters. The topological polar surface area (TPSA) is 124 Å². The number of rotatable bonds is 7. The Bertz CT molecular complexity index is 1180. The first-order chi connectivity index (χ1) is 14.4. The SMILES string of the molecule is CONCc1nc2c(N)nc3cc(Cc4cccnc4)cnc3c2n1CC(C)(C)O. The zero-order valence-electron chi connectivity index (χ0n) is 17.3. The van der Waals surface area contributed by atoms with Crippen molar-refractivity contribution in [1.29, 1.82) is 0 Å². The summed E-state index contributed by atoms with van der Waals surface area (Å²) in [6, 6.07) is 5.92. The van der Waals surface area contributed by atoms with Crippen LogP contribution in [0.1, 0.15) is 30.8 Å². The first kappa shape index (κ1) is 20.1. The number of nitrogen functional groups attached to an aromatic ring is 1. The molecule has 0 aliphatic rings. The molecule has 0 amide bonds. The molecule has 4 aromatic rings. The Morgan fingerprint density at radius 2 is 2.03 bits per heavy atom. The van der Waals surface area contributed by atoms with Crippen LogP contribution in [-0.4, -0.2) is 42.3 Å². The van der Waals surface area contributed by atoms with Gasteiger partial charge in [0, 0.05) is 25.0 Å². The highest BCUT2D eigenvalue weighted by Crippen LogP contribution is 2.29. The number of imidazole rings is 1. The highest BCUT2D eigenvalue weighted by Gasteiger charge is 2.23. The van der Waals surface area contributed by atoms with Gasteiger partial charge in [0.1, 0.15) is 22.4 Å². The third-order valence-electron chi connectivity index (χ3n) is 4.73. The average Bonchev–Trinajstić information content (AvgIpc) is 3.04. The Labute approximate surface area is 173 Å². The van der Waals surface area contributed by atoms with Gasteiger partial charge in [-0.1, -0.05) is 6.07 Å². The lowest BCUT2D eigenvalue weighted by Crippen LogP contribution is -2.28. The van der Waals surface area contributed by atoms with Gasteiger partial charge < -0.3 is 20.2 Å². The summed E-state index contributed by atoms with van der Waals surface area (Å²) in [5, 5.41) is 10.5. The Morgan fingerprint density at radius 1 is 1.20 bits per heavy atom. The van der Waals surface area contributed by atoms with E-state index in [1.54, 1.807) is 27.2 Å². The van der Waals surface area contributed by atoms with Gasteiger partial charge >= 0.3 is 0 Å². The predicted octanol–water partition coefficient (Wildman–Crippen LogP) is 1.97. The van der Waals surface area contributed by atoms with E-state index in [1.807, 2.05) is 35.2 Å². The number of hydrogen-bond donors (Lipinski definition) is 3. The number of hydrogen-bond acceptors (Lipinski definition) is 8. The van der Waals surface area contributed by atoms with Crippen LogP contribution in [-0.2, 0) is 24.3 Å². The number of nitrogens with zero attached hydrogens (tertiary/aromatic N) is 5. The molecule has 0 aliphatic carbocycles. The molecule has 0 radical (unpaired) electrons. The molecule has 0 aromatic carbocycles. The van der Waals surface area contributed by atoms with Crippen molar-refractivity contribution in [2.24, 2.45) is 0 Å². The standard InChI is InChI=1S/C21H25N7O2/c1-21(2,29)12-28-16(11-25-30-3)27-18-19(28)17-15(26-20(18)22)8-14(10-24-17)7-13-5-4-6-23-9-13/h4-6,8-10,25,29H,7,11-12H2,1-3H3,(H2,22,26). The van der Waals surface area contributed by atoms with Crippen molar-refractivity contribution in [2.45, 2.75) is 39.0 Å². The molecule has 30 heavy (non-hydrogen) atoms. The molecular weight excluding hydrogens is 382 g/mol. The lowest BCUT2D eigenvalue weighted by atomic mass is 10.1. The maximum absolute atomic E-state index is 10.5. The summed E-state index contributed by atoms with van der Waals surface area (Å²) in [4.78, 5) is 23.0. The fourth-order valence-corrected chi connectivity index (χ4v) is 3.53. The Kier molecular flexibility index (Phi) is 5.33. The van der Waals surface area contributed by atoms with E-state index < -0.39 is 5.60 Å². The van der Waals surface area contributed by atoms with Gasteiger partial charge in [-0.25, -0.2) is 9.97 Å². The highest BCUT2D eigenvalue weighted by atomic mass is 16.6. The first-order valence-electron chi connectivity index (χ1n) is 9.66. The number of nitrogens with one attached hydrogen (secondary N) is 1. The van der Waals surface area contributed by atoms with Crippen LogP contribution in [0, 0.1) is 0 Å². The highest BCUT2D eigenvalue weighted by molar-refractivity contribution is 6.04. The van der Waals surface area contributed by atoms with Gasteiger partial charge in [0.15, 0.2) is 5.82 Å². The van der Waals surface area contributed by atoms with Crippen molar-refractivity contribution >= 4 is 27.9 Å². The van der Waals surface area contributed by atoms with Crippen LogP contribution in [0.5, 0.6) is 0 Å². The number of fused-ring (bicyclic) bond motifs is 3. The second kappa shape index (κ2) is 7.94. The van der Waals surface area contributed by atoms with Crippen LogP contribution in [0.3, 0.4) is 0 Å². The fourth-order valence-electron chi connectivity index (χ4n) is 3.53. The summed E-state index contributed by atoms with van der Waals surface area (Å²) < 4.78 is 1.93. The summed E-state index contributed by atoms with van der Waals surface area (Å²) in [6.45, 7) is 4.17. The van der Waals surface area contributed by atoms with E-state index in [2.05, 4.69) is 20.4 Å². The normalized spacial score (nSPS) is 12.1. The number of pyridine rings is 3. The molecule has 4 heterocycles. The molecule has 156 valence electrons. The van der Waals surface area contributed by atoms with E-state index in [9.17, 15) is 5.11 Å². The second-order valence-corrected chi connectivity index (χ2v) is 7.90. The third kappa shape index (κ3) is 4.09. The van der Waals surface area contributed by atoms with Crippen molar-refractivity contribution in [1.82, 2.24) is 30.0 Å². The van der Waals surface area contributed by atoms with Crippen LogP contribution < -0.4 is 11.2 Å². The Balaban J connectivity index is 1.87. The molecular formula is C21H25N7O2. The average molecular weight is 407 g/mol. The molecule has 9 heteroatoms. The van der Waals surface area contributed by atoms with Crippen LogP contribution in [0.4, 0.5) is 5.82 Å². The van der Waals surface area contributed by atoms with Gasteiger partial charge in [0.05, 0.1) is 31.3 Å². The smallest absolute Gasteiger partial charge is 0.152 e. The van der Waals surface area contributed by atoms with Gasteiger partial charge in [-0.15, -0.1) is 0 Å². The Hall–Kier alpha value is -3.14. The second-order valence-electron chi connectivity index (χ2n) is 7.90. The molecule has 0 aliphatic heterocycles. The maximum atomic E-state index is 10.5. The molecule has 0 atom stereocenters. The van der Waals surface area contributed by atoms with E-state index >= 15 is 0 Å². The molecule has 0 saturated carbocycles. The molecule has 4 rings (SSSR count). The van der Waals surface area contributed by atoms with Gasteiger partial charge in [-0.3, -0.25) is 9.97 Å². The van der Waals surface area contributed by atoms with E-state index in [0.717, 1.165) is 16.6 Å². The summed E-state index contributed by atoms with van der Waals surface area (Å²) in [5.74, 6) is 1.00. The van der Waals surface area contributed by atoms with Crippen molar-refractivity contribution in [3.8, 4) is 0 Å². The molecule has 0 spiro atoms. The quantitative estimate of drug-likeness (QED) is 0.397. The first-order valence-corrected chi connectivity index (χ1v) is 9.66. The van der Waals surface area contributed by atoms with E-state index in [0.29, 0.717) is 47.7 Å². The summed E-state index contributed by atoms with van der Waals surface area (Å²) >= 11 is 0. The van der Waals surface area contributed by atoms with Crippen molar-refractivity contribution < 1.29 is 9.94 Å². The Morgan fingerprint density at radius 3 is 2.73 bits per heavy atom. The van der Waals surface area contributed by atoms with Crippen molar-refractivity contribution in [2.75, 3.05) is 12.8 Å². The lowest BCUT2D eigenvalue weighted by Gasteiger charge is -2.20. The zero-order valence-corrected chi connectivity index (χ0v) is 17.3. The molecule has 0 saturated heterocycles.